The van der Waals surface area contributed by atoms with Crippen LogP contribution in [0.1, 0.15) is 28.4 Å². The lowest BCUT2D eigenvalue weighted by Crippen LogP contribution is -2.38. The molecule has 2 amide bonds. The Morgan fingerprint density at radius 3 is 2.39 bits per heavy atom. The van der Waals surface area contributed by atoms with E-state index < -0.39 is 10.0 Å². The van der Waals surface area contributed by atoms with E-state index in [-0.39, 0.29) is 23.3 Å². The third kappa shape index (κ3) is 6.09. The SMILES string of the molecule is CCNS(=O)(=O)c1ccc(C)c(C(=O)Nc2ccc(CC(=O)N3CCSCC3)cc2)c1. The van der Waals surface area contributed by atoms with Crippen LogP contribution in [0.3, 0.4) is 0 Å². The summed E-state index contributed by atoms with van der Waals surface area (Å²) < 4.78 is 26.9. The van der Waals surface area contributed by atoms with Crippen LogP contribution in [0, 0.1) is 6.92 Å². The number of benzene rings is 2. The molecule has 1 fully saturated rings. The predicted molar refractivity (Wildman–Crippen MR) is 124 cm³/mol. The van der Waals surface area contributed by atoms with E-state index in [1.165, 1.54) is 12.1 Å². The van der Waals surface area contributed by atoms with Gasteiger partial charge >= 0.3 is 0 Å². The number of carbonyl (C=O) groups is 2. The van der Waals surface area contributed by atoms with Gasteiger partial charge in [-0.2, -0.15) is 11.8 Å². The molecule has 0 spiro atoms. The Labute approximate surface area is 187 Å². The molecular formula is C22H27N3O4S2. The molecule has 0 radical (unpaired) electrons. The largest absolute Gasteiger partial charge is 0.341 e. The molecule has 0 saturated carbocycles. The number of hydrogen-bond acceptors (Lipinski definition) is 5. The van der Waals surface area contributed by atoms with Crippen LogP contribution in [0.15, 0.2) is 47.4 Å². The van der Waals surface area contributed by atoms with E-state index in [9.17, 15) is 18.0 Å². The van der Waals surface area contributed by atoms with Gasteiger partial charge < -0.3 is 10.2 Å². The summed E-state index contributed by atoms with van der Waals surface area (Å²) in [5, 5.41) is 2.80. The maximum atomic E-state index is 12.8. The number of nitrogens with zero attached hydrogens (tertiary/aromatic N) is 1. The van der Waals surface area contributed by atoms with Gasteiger partial charge in [0, 0.05) is 42.4 Å². The van der Waals surface area contributed by atoms with Gasteiger partial charge in [-0.25, -0.2) is 13.1 Å². The molecule has 0 aliphatic carbocycles. The highest BCUT2D eigenvalue weighted by Gasteiger charge is 2.18. The first kappa shape index (κ1) is 23.3. The van der Waals surface area contributed by atoms with Gasteiger partial charge in [0.15, 0.2) is 0 Å². The Bertz CT molecular complexity index is 1050. The van der Waals surface area contributed by atoms with Crippen molar-refractivity contribution in [3.8, 4) is 0 Å². The number of sulfonamides is 1. The van der Waals surface area contributed by atoms with Crippen LogP contribution >= 0.6 is 11.8 Å². The third-order valence-electron chi connectivity index (χ3n) is 5.03. The molecule has 7 nitrogen and oxygen atoms in total. The number of thioether (sulfide) groups is 1. The minimum atomic E-state index is -3.65. The maximum Gasteiger partial charge on any atom is 0.255 e. The second kappa shape index (κ2) is 10.3. The number of anilines is 1. The molecule has 2 aromatic rings. The number of amides is 2. The summed E-state index contributed by atoms with van der Waals surface area (Å²) in [4.78, 5) is 27.1. The van der Waals surface area contributed by atoms with Crippen LogP contribution in [0.5, 0.6) is 0 Å². The Kier molecular flexibility index (Phi) is 7.74. The standard InChI is InChI=1S/C22H27N3O4S2/c1-3-23-31(28,29)19-9-4-16(2)20(15-19)22(27)24-18-7-5-17(6-8-18)14-21(26)25-10-12-30-13-11-25/h4-9,15,23H,3,10-14H2,1-2H3,(H,24,27). The van der Waals surface area contributed by atoms with Gasteiger partial charge in [0.2, 0.25) is 15.9 Å². The van der Waals surface area contributed by atoms with E-state index in [4.69, 9.17) is 0 Å². The summed E-state index contributed by atoms with van der Waals surface area (Å²) in [6.07, 6.45) is 0.336. The molecular weight excluding hydrogens is 434 g/mol. The van der Waals surface area contributed by atoms with E-state index in [1.807, 2.05) is 28.8 Å². The van der Waals surface area contributed by atoms with E-state index in [1.54, 1.807) is 32.0 Å². The number of nitrogens with one attached hydrogen (secondary N) is 2. The predicted octanol–water partition coefficient (Wildman–Crippen LogP) is 2.66. The van der Waals surface area contributed by atoms with Crippen LogP contribution in [-0.4, -0.2) is 56.3 Å². The molecule has 1 heterocycles. The molecule has 0 bridgehead atoms. The zero-order chi connectivity index (χ0) is 22.4. The van der Waals surface area contributed by atoms with Crippen molar-refractivity contribution in [2.24, 2.45) is 0 Å². The molecule has 0 unspecified atom stereocenters. The van der Waals surface area contributed by atoms with Gasteiger partial charge in [0.25, 0.3) is 5.91 Å². The van der Waals surface area contributed by atoms with Crippen molar-refractivity contribution >= 4 is 39.3 Å². The Morgan fingerprint density at radius 1 is 1.06 bits per heavy atom. The van der Waals surface area contributed by atoms with Crippen molar-refractivity contribution in [3.05, 3.63) is 59.2 Å². The van der Waals surface area contributed by atoms with E-state index >= 15 is 0 Å². The number of carbonyl (C=O) groups excluding carboxylic acids is 2. The normalized spacial score (nSPS) is 14.3. The van der Waals surface area contributed by atoms with Crippen molar-refractivity contribution in [2.75, 3.05) is 36.5 Å². The summed E-state index contributed by atoms with van der Waals surface area (Å²) >= 11 is 1.86. The summed E-state index contributed by atoms with van der Waals surface area (Å²) in [6, 6.07) is 11.6. The fraction of sp³-hybridized carbons (Fsp3) is 0.364. The van der Waals surface area contributed by atoms with Crippen molar-refractivity contribution in [2.45, 2.75) is 25.2 Å². The first-order valence-electron chi connectivity index (χ1n) is 10.2. The lowest BCUT2D eigenvalue weighted by Gasteiger charge is -2.26. The van der Waals surface area contributed by atoms with Crippen LogP contribution in [-0.2, 0) is 21.2 Å². The highest BCUT2D eigenvalue weighted by atomic mass is 32.2. The van der Waals surface area contributed by atoms with Crippen molar-refractivity contribution in [1.29, 1.82) is 0 Å². The Balaban J connectivity index is 1.67. The Morgan fingerprint density at radius 2 is 1.74 bits per heavy atom. The van der Waals surface area contributed by atoms with E-state index in [0.29, 0.717) is 23.2 Å². The van der Waals surface area contributed by atoms with Crippen molar-refractivity contribution < 1.29 is 18.0 Å². The van der Waals surface area contributed by atoms with E-state index in [2.05, 4.69) is 10.0 Å². The molecule has 1 aliphatic rings. The first-order valence-corrected chi connectivity index (χ1v) is 12.8. The summed E-state index contributed by atoms with van der Waals surface area (Å²) in [5.74, 6) is 1.69. The van der Waals surface area contributed by atoms with Gasteiger partial charge in [0.1, 0.15) is 0 Å². The van der Waals surface area contributed by atoms with E-state index in [0.717, 1.165) is 30.2 Å². The third-order valence-corrected chi connectivity index (χ3v) is 7.52. The van der Waals surface area contributed by atoms with Gasteiger partial charge in [0.05, 0.1) is 11.3 Å². The van der Waals surface area contributed by atoms with Crippen molar-refractivity contribution in [1.82, 2.24) is 9.62 Å². The lowest BCUT2D eigenvalue weighted by molar-refractivity contribution is -0.130. The summed E-state index contributed by atoms with van der Waals surface area (Å²) in [6.45, 7) is 5.30. The lowest BCUT2D eigenvalue weighted by atomic mass is 10.1. The average Bonchev–Trinajstić information content (AvgIpc) is 2.75. The molecule has 1 aliphatic heterocycles. The van der Waals surface area contributed by atoms with Crippen LogP contribution < -0.4 is 10.0 Å². The molecule has 31 heavy (non-hydrogen) atoms. The molecule has 3 rings (SSSR count). The zero-order valence-corrected chi connectivity index (χ0v) is 19.3. The summed E-state index contributed by atoms with van der Waals surface area (Å²) in [7, 11) is -3.65. The monoisotopic (exact) mass is 461 g/mol. The van der Waals surface area contributed by atoms with Crippen molar-refractivity contribution in [3.63, 3.8) is 0 Å². The fourth-order valence-corrected chi connectivity index (χ4v) is 5.26. The molecule has 9 heteroatoms. The molecule has 2 aromatic carbocycles. The molecule has 0 aromatic heterocycles. The second-order valence-corrected chi connectivity index (χ2v) is 10.3. The molecule has 0 atom stereocenters. The smallest absolute Gasteiger partial charge is 0.255 e. The minimum absolute atomic E-state index is 0.0510. The second-order valence-electron chi connectivity index (χ2n) is 7.30. The highest BCUT2D eigenvalue weighted by Crippen LogP contribution is 2.19. The quantitative estimate of drug-likeness (QED) is 0.661. The van der Waals surface area contributed by atoms with Gasteiger partial charge in [-0.1, -0.05) is 25.1 Å². The number of aryl methyl sites for hydroxylation is 1. The maximum absolute atomic E-state index is 12.8. The average molecular weight is 462 g/mol. The van der Waals surface area contributed by atoms with Crippen LogP contribution in [0.4, 0.5) is 5.69 Å². The van der Waals surface area contributed by atoms with Crippen LogP contribution in [0.25, 0.3) is 0 Å². The van der Waals surface area contributed by atoms with Gasteiger partial charge in [-0.05, 0) is 42.3 Å². The number of hydrogen-bond donors (Lipinski definition) is 2. The van der Waals surface area contributed by atoms with Gasteiger partial charge in [-0.15, -0.1) is 0 Å². The fourth-order valence-electron chi connectivity index (χ4n) is 3.29. The minimum Gasteiger partial charge on any atom is -0.341 e. The molecule has 166 valence electrons. The Hall–Kier alpha value is -2.36. The number of rotatable bonds is 7. The molecule has 2 N–H and O–H groups in total. The zero-order valence-electron chi connectivity index (χ0n) is 17.7. The van der Waals surface area contributed by atoms with Gasteiger partial charge in [-0.3, -0.25) is 9.59 Å². The summed E-state index contributed by atoms with van der Waals surface area (Å²) in [5.41, 5.74) is 2.43. The highest BCUT2D eigenvalue weighted by molar-refractivity contribution is 7.99. The van der Waals surface area contributed by atoms with Crippen LogP contribution in [0.2, 0.25) is 0 Å². The molecule has 1 saturated heterocycles. The first-order chi connectivity index (χ1) is 14.8. The topological polar surface area (TPSA) is 95.6 Å².